The fraction of sp³-hybridized carbons (Fsp3) is 0.619. The third-order valence-corrected chi connectivity index (χ3v) is 5.90. The number of allylic oxidation sites excluding steroid dienone is 2. The van der Waals surface area contributed by atoms with Crippen molar-refractivity contribution in [3.05, 3.63) is 36.0 Å². The van der Waals surface area contributed by atoms with E-state index in [0.717, 1.165) is 43.8 Å². The van der Waals surface area contributed by atoms with E-state index in [2.05, 4.69) is 30.9 Å². The Morgan fingerprint density at radius 3 is 2.52 bits per heavy atom. The largest absolute Gasteiger partial charge is 0.349 e. The molecule has 0 fully saturated rings. The van der Waals surface area contributed by atoms with Crippen LogP contribution in [0.15, 0.2) is 40.9 Å². The number of hydrogen-bond donors (Lipinski definition) is 0. The maximum Gasteiger partial charge on any atom is 0.224 e. The van der Waals surface area contributed by atoms with Gasteiger partial charge >= 0.3 is 0 Å². The van der Waals surface area contributed by atoms with Crippen LogP contribution in [-0.2, 0) is 4.79 Å². The van der Waals surface area contributed by atoms with Gasteiger partial charge in [-0.05, 0) is 30.9 Å². The Balaban J connectivity index is 1.81. The maximum absolute atomic E-state index is 13.1. The number of rotatable bonds is 7. The average molecular weight is 410 g/mol. The minimum absolute atomic E-state index is 0.0117. The molecule has 1 amide bonds. The lowest BCUT2D eigenvalue weighted by Gasteiger charge is -2.34. The van der Waals surface area contributed by atoms with Crippen molar-refractivity contribution in [1.82, 2.24) is 9.80 Å². The van der Waals surface area contributed by atoms with E-state index < -0.39 is 0 Å². The summed E-state index contributed by atoms with van der Waals surface area (Å²) in [5, 5.41) is -0.00650. The first-order valence-electron chi connectivity index (χ1n) is 10.00. The van der Waals surface area contributed by atoms with Crippen molar-refractivity contribution in [2.24, 2.45) is 4.99 Å². The minimum Gasteiger partial charge on any atom is -0.349 e. The van der Waals surface area contributed by atoms with Gasteiger partial charge in [-0.3, -0.25) is 9.79 Å². The van der Waals surface area contributed by atoms with Crippen molar-refractivity contribution in [3.63, 3.8) is 0 Å². The summed E-state index contributed by atoms with van der Waals surface area (Å²) in [7, 11) is 0. The lowest BCUT2D eigenvalue weighted by atomic mass is 9.92. The summed E-state index contributed by atoms with van der Waals surface area (Å²) in [6.45, 7) is 6.55. The van der Waals surface area contributed by atoms with Crippen molar-refractivity contribution < 1.29 is 4.79 Å². The Bertz CT molecular complexity index is 664. The number of amides is 1. The van der Waals surface area contributed by atoms with Gasteiger partial charge in [0.05, 0.1) is 22.8 Å². The number of fused-ring (bicyclic) bond motifs is 1. The number of carbonyl (C=O) groups is 1. The van der Waals surface area contributed by atoms with Gasteiger partial charge in [-0.15, -0.1) is 23.2 Å². The highest BCUT2D eigenvalue weighted by molar-refractivity contribution is 6.23. The van der Waals surface area contributed by atoms with E-state index >= 15 is 0 Å². The molecule has 2 heterocycles. The molecule has 0 N–H and O–H groups in total. The second-order valence-corrected chi connectivity index (χ2v) is 8.55. The third-order valence-electron chi connectivity index (χ3n) is 5.30. The summed E-state index contributed by atoms with van der Waals surface area (Å²) >= 11 is 12.6. The van der Waals surface area contributed by atoms with E-state index in [1.165, 1.54) is 0 Å². The molecule has 0 saturated heterocycles. The van der Waals surface area contributed by atoms with Crippen molar-refractivity contribution in [2.45, 2.75) is 62.4 Å². The zero-order valence-electron chi connectivity index (χ0n) is 16.2. The molecule has 3 rings (SSSR count). The summed E-state index contributed by atoms with van der Waals surface area (Å²) in [6.07, 6.45) is 13.5. The summed E-state index contributed by atoms with van der Waals surface area (Å²) < 4.78 is 0. The summed E-state index contributed by atoms with van der Waals surface area (Å²) in [4.78, 5) is 22.2. The van der Waals surface area contributed by atoms with Crippen molar-refractivity contribution in [1.29, 1.82) is 0 Å². The Hall–Kier alpha value is -1.26. The number of alkyl halides is 2. The first-order chi connectivity index (χ1) is 13.0. The molecular weight excluding hydrogens is 381 g/mol. The molecule has 0 aromatic carbocycles. The molecule has 0 radical (unpaired) electrons. The van der Waals surface area contributed by atoms with Crippen LogP contribution in [0.5, 0.6) is 0 Å². The molecule has 4 atom stereocenters. The first kappa shape index (κ1) is 20.5. The van der Waals surface area contributed by atoms with Crippen LogP contribution in [0.25, 0.3) is 0 Å². The molecule has 0 bridgehead atoms. The van der Waals surface area contributed by atoms with E-state index in [1.54, 1.807) is 0 Å². The molecule has 0 aromatic rings. The highest BCUT2D eigenvalue weighted by Gasteiger charge is 2.40. The normalized spacial score (nSPS) is 29.4. The van der Waals surface area contributed by atoms with E-state index in [4.69, 9.17) is 28.2 Å². The molecule has 6 heteroatoms. The van der Waals surface area contributed by atoms with Crippen LogP contribution < -0.4 is 0 Å². The van der Waals surface area contributed by atoms with Crippen LogP contribution in [0.4, 0.5) is 0 Å². The van der Waals surface area contributed by atoms with Gasteiger partial charge in [0, 0.05) is 26.1 Å². The SMILES string of the molecule is CCCN(CCC)C(=O)CC1C(C2=CCC(Cl)C=C2)N=C2C=CC(Cl)CN21. The average Bonchev–Trinajstić information content (AvgIpc) is 3.00. The van der Waals surface area contributed by atoms with Gasteiger partial charge in [-0.2, -0.15) is 0 Å². The lowest BCUT2D eigenvalue weighted by molar-refractivity contribution is -0.132. The number of halogens is 2. The summed E-state index contributed by atoms with van der Waals surface area (Å²) in [5.74, 6) is 1.15. The summed E-state index contributed by atoms with van der Waals surface area (Å²) in [5.41, 5.74) is 1.16. The Morgan fingerprint density at radius 1 is 1.19 bits per heavy atom. The van der Waals surface area contributed by atoms with Crippen LogP contribution in [0.2, 0.25) is 0 Å². The molecule has 0 aromatic heterocycles. The molecule has 4 unspecified atom stereocenters. The van der Waals surface area contributed by atoms with Gasteiger partial charge in [0.1, 0.15) is 5.84 Å². The maximum atomic E-state index is 13.1. The van der Waals surface area contributed by atoms with Crippen molar-refractivity contribution in [3.8, 4) is 0 Å². The van der Waals surface area contributed by atoms with Gasteiger partial charge in [0.25, 0.3) is 0 Å². The highest BCUT2D eigenvalue weighted by atomic mass is 35.5. The van der Waals surface area contributed by atoms with Crippen LogP contribution in [0, 0.1) is 0 Å². The van der Waals surface area contributed by atoms with Gasteiger partial charge in [-0.1, -0.05) is 38.2 Å². The molecule has 0 spiro atoms. The number of hydrogen-bond acceptors (Lipinski definition) is 3. The third kappa shape index (κ3) is 4.78. The topological polar surface area (TPSA) is 35.9 Å². The lowest BCUT2D eigenvalue weighted by Crippen LogP contribution is -2.47. The predicted molar refractivity (Wildman–Crippen MR) is 114 cm³/mol. The summed E-state index contributed by atoms with van der Waals surface area (Å²) in [6, 6.07) is -0.0289. The van der Waals surface area contributed by atoms with Gasteiger partial charge in [0.2, 0.25) is 5.91 Å². The van der Waals surface area contributed by atoms with Crippen LogP contribution in [0.1, 0.15) is 39.5 Å². The first-order valence-corrected chi connectivity index (χ1v) is 10.9. The Kier molecular flexibility index (Phi) is 7.04. The molecule has 27 heavy (non-hydrogen) atoms. The van der Waals surface area contributed by atoms with Crippen LogP contribution in [0.3, 0.4) is 0 Å². The fourth-order valence-electron chi connectivity index (χ4n) is 4.01. The molecule has 1 aliphatic carbocycles. The van der Waals surface area contributed by atoms with Crippen molar-refractivity contribution in [2.75, 3.05) is 19.6 Å². The Labute approximate surface area is 172 Å². The monoisotopic (exact) mass is 409 g/mol. The van der Waals surface area contributed by atoms with Crippen molar-refractivity contribution >= 4 is 34.9 Å². The van der Waals surface area contributed by atoms with Gasteiger partial charge in [0.15, 0.2) is 0 Å². The smallest absolute Gasteiger partial charge is 0.224 e. The predicted octanol–water partition coefficient (Wildman–Crippen LogP) is 4.15. The molecule has 148 valence electrons. The fourth-order valence-corrected chi connectivity index (χ4v) is 4.39. The second-order valence-electron chi connectivity index (χ2n) is 7.43. The molecule has 2 aliphatic heterocycles. The zero-order chi connectivity index (χ0) is 19.4. The number of aliphatic imine (C=N–C) groups is 1. The van der Waals surface area contributed by atoms with E-state index in [9.17, 15) is 4.79 Å². The molecular formula is C21H29Cl2N3O. The zero-order valence-corrected chi connectivity index (χ0v) is 17.7. The van der Waals surface area contributed by atoms with E-state index in [-0.39, 0.29) is 28.7 Å². The van der Waals surface area contributed by atoms with E-state index in [0.29, 0.717) is 13.0 Å². The number of amidine groups is 1. The molecule has 3 aliphatic rings. The van der Waals surface area contributed by atoms with Crippen LogP contribution >= 0.6 is 23.2 Å². The highest BCUT2D eigenvalue weighted by Crippen LogP contribution is 2.32. The van der Waals surface area contributed by atoms with E-state index in [1.807, 2.05) is 23.1 Å². The molecule has 0 saturated carbocycles. The minimum atomic E-state index is -0.0502. The number of carbonyl (C=O) groups excluding carboxylic acids is 1. The quantitative estimate of drug-likeness (QED) is 0.592. The van der Waals surface area contributed by atoms with Gasteiger partial charge < -0.3 is 9.80 Å². The Morgan fingerprint density at radius 2 is 1.89 bits per heavy atom. The second kappa shape index (κ2) is 9.29. The molecule has 4 nitrogen and oxygen atoms in total. The van der Waals surface area contributed by atoms with Crippen LogP contribution in [-0.4, -0.2) is 64.0 Å². The number of nitrogens with zero attached hydrogens (tertiary/aromatic N) is 3. The van der Waals surface area contributed by atoms with Gasteiger partial charge in [-0.25, -0.2) is 0 Å². The standard InChI is InChI=1S/C21H29Cl2N3O/c1-3-11-25(12-4-2)20(27)13-18-21(15-5-7-16(22)8-6-15)24-19-10-9-17(23)14-26(18)19/h5-7,9-10,16-18,21H,3-4,8,11-14H2,1-2H3.